The zero-order valence-electron chi connectivity index (χ0n) is 18.6. The summed E-state index contributed by atoms with van der Waals surface area (Å²) in [5.41, 5.74) is 6.00. The Kier molecular flexibility index (Phi) is 7.27. The number of amides is 1. The van der Waals surface area contributed by atoms with Crippen molar-refractivity contribution in [2.24, 2.45) is 0 Å². The normalized spacial score (nSPS) is 11.2. The van der Waals surface area contributed by atoms with Crippen LogP contribution in [0.5, 0.6) is 5.88 Å². The van der Waals surface area contributed by atoms with E-state index in [0.717, 1.165) is 0 Å². The van der Waals surface area contributed by atoms with Gasteiger partial charge in [-0.25, -0.2) is 4.79 Å². The fourth-order valence-electron chi connectivity index (χ4n) is 2.54. The number of esters is 1. The number of H-pyrrole nitrogens is 1. The molecule has 0 saturated carbocycles. The lowest BCUT2D eigenvalue weighted by molar-refractivity contribution is -0.134. The van der Waals surface area contributed by atoms with Gasteiger partial charge in [0.05, 0.1) is 0 Å². The summed E-state index contributed by atoms with van der Waals surface area (Å²) >= 11 is 0. The van der Waals surface area contributed by atoms with E-state index in [0.29, 0.717) is 16.9 Å². The second kappa shape index (κ2) is 9.50. The van der Waals surface area contributed by atoms with E-state index in [1.54, 1.807) is 39.8 Å². The van der Waals surface area contributed by atoms with Crippen LogP contribution in [0.3, 0.4) is 0 Å². The average Bonchev–Trinajstić information content (AvgIpc) is 2.61. The summed E-state index contributed by atoms with van der Waals surface area (Å²) < 4.78 is 10.6. The second-order valence-electron chi connectivity index (χ2n) is 8.19. The molecule has 31 heavy (non-hydrogen) atoms. The van der Waals surface area contributed by atoms with Crippen molar-refractivity contribution in [2.75, 3.05) is 16.4 Å². The minimum absolute atomic E-state index is 0.0219. The molecule has 1 aromatic heterocycles. The molecule has 10 heteroatoms. The predicted molar refractivity (Wildman–Crippen MR) is 119 cm³/mol. The Bertz CT molecular complexity index is 1020. The van der Waals surface area contributed by atoms with Gasteiger partial charge in [-0.05, 0) is 52.8 Å². The van der Waals surface area contributed by atoms with Crippen molar-refractivity contribution in [3.05, 3.63) is 28.6 Å². The minimum atomic E-state index is -0.677. The molecular weight excluding hydrogens is 402 g/mol. The van der Waals surface area contributed by atoms with Crippen molar-refractivity contribution in [1.29, 1.82) is 0 Å². The third kappa shape index (κ3) is 7.02. The number of hydrogen-bond acceptors (Lipinski definition) is 8. The molecule has 0 spiro atoms. The van der Waals surface area contributed by atoms with Crippen LogP contribution < -0.4 is 26.7 Å². The van der Waals surface area contributed by atoms with E-state index < -0.39 is 23.2 Å². The van der Waals surface area contributed by atoms with Crippen molar-refractivity contribution in [3.8, 4) is 17.1 Å². The Hall–Kier alpha value is -3.56. The maximum atomic E-state index is 12.5. The number of aromatic amines is 1. The van der Waals surface area contributed by atoms with Gasteiger partial charge in [0.1, 0.15) is 11.3 Å². The number of nitrogens with one attached hydrogen (secondary N) is 3. The molecule has 10 nitrogen and oxygen atoms in total. The van der Waals surface area contributed by atoms with Gasteiger partial charge >= 0.3 is 12.1 Å². The summed E-state index contributed by atoms with van der Waals surface area (Å²) in [6.07, 6.45) is -0.542. The summed E-state index contributed by atoms with van der Waals surface area (Å²) in [6.45, 7) is 10.6. The number of nitrogen functional groups attached to an aromatic ring is 1. The van der Waals surface area contributed by atoms with Crippen molar-refractivity contribution in [2.45, 2.75) is 59.6 Å². The smallest absolute Gasteiger partial charge is 0.412 e. The first kappa shape index (κ1) is 23.7. The number of nitrogens with zero attached hydrogens (tertiary/aromatic N) is 1. The number of ether oxygens (including phenoxy) is 2. The number of nitrogens with two attached hydrogens (primary N) is 1. The highest BCUT2D eigenvalue weighted by molar-refractivity contribution is 5.88. The number of hydrogen-bond donors (Lipinski definition) is 4. The van der Waals surface area contributed by atoms with E-state index in [-0.39, 0.29) is 29.9 Å². The predicted octanol–water partition coefficient (Wildman–Crippen LogP) is 3.50. The zero-order chi connectivity index (χ0) is 23.3. The molecule has 0 aliphatic carbocycles. The Balaban J connectivity index is 2.51. The molecule has 0 radical (unpaired) electrons. The van der Waals surface area contributed by atoms with Crippen LogP contribution in [0.4, 0.5) is 22.0 Å². The quantitative estimate of drug-likeness (QED) is 0.401. The fraction of sp³-hybridized carbons (Fsp3) is 0.429. The first-order valence-electron chi connectivity index (χ1n) is 9.90. The van der Waals surface area contributed by atoms with Crippen LogP contribution in [-0.2, 0) is 9.53 Å². The highest BCUT2D eigenvalue weighted by atomic mass is 16.6. The lowest BCUT2D eigenvalue weighted by Crippen LogP contribution is -2.27. The highest BCUT2D eigenvalue weighted by Crippen LogP contribution is 2.31. The van der Waals surface area contributed by atoms with Gasteiger partial charge < -0.3 is 25.5 Å². The average molecular weight is 431 g/mol. The van der Waals surface area contributed by atoms with Crippen LogP contribution in [0.2, 0.25) is 0 Å². The highest BCUT2D eigenvalue weighted by Gasteiger charge is 2.19. The molecule has 0 saturated heterocycles. The number of rotatable bonds is 6. The molecule has 0 fully saturated rings. The van der Waals surface area contributed by atoms with Gasteiger partial charge in [-0.3, -0.25) is 14.9 Å². The Morgan fingerprint density at radius 1 is 1.23 bits per heavy atom. The van der Waals surface area contributed by atoms with Gasteiger partial charge in [0.2, 0.25) is 5.88 Å². The molecule has 0 bridgehead atoms. The van der Waals surface area contributed by atoms with E-state index in [9.17, 15) is 14.4 Å². The van der Waals surface area contributed by atoms with Crippen LogP contribution in [0, 0.1) is 0 Å². The van der Waals surface area contributed by atoms with E-state index in [4.69, 9.17) is 15.2 Å². The van der Waals surface area contributed by atoms with Crippen LogP contribution in [0.15, 0.2) is 23.0 Å². The van der Waals surface area contributed by atoms with Gasteiger partial charge in [0.15, 0.2) is 5.82 Å². The van der Waals surface area contributed by atoms with Crippen LogP contribution in [-0.4, -0.2) is 33.7 Å². The molecule has 5 N–H and O–H groups in total. The van der Waals surface area contributed by atoms with Crippen LogP contribution in [0.25, 0.3) is 11.3 Å². The maximum absolute atomic E-state index is 12.5. The largest absolute Gasteiger partial charge is 0.444 e. The monoisotopic (exact) mass is 431 g/mol. The lowest BCUT2D eigenvalue weighted by atomic mass is 10.1. The van der Waals surface area contributed by atoms with E-state index in [2.05, 4.69) is 20.6 Å². The summed E-state index contributed by atoms with van der Waals surface area (Å²) in [5, 5.41) is 5.51. The Morgan fingerprint density at radius 2 is 1.90 bits per heavy atom. The third-order valence-electron chi connectivity index (χ3n) is 3.69. The summed E-state index contributed by atoms with van der Waals surface area (Å²) in [7, 11) is 0. The molecule has 1 aromatic carbocycles. The molecular formula is C21H29N5O5. The molecule has 0 atom stereocenters. The molecule has 0 unspecified atom stereocenters. The summed E-state index contributed by atoms with van der Waals surface area (Å²) in [5.74, 6) is -0.579. The van der Waals surface area contributed by atoms with Gasteiger partial charge in [-0.2, -0.15) is 4.98 Å². The first-order valence-corrected chi connectivity index (χ1v) is 9.90. The van der Waals surface area contributed by atoms with E-state index in [1.165, 1.54) is 6.07 Å². The minimum Gasteiger partial charge on any atom is -0.444 e. The maximum Gasteiger partial charge on any atom is 0.412 e. The van der Waals surface area contributed by atoms with Gasteiger partial charge in [-0.15, -0.1) is 0 Å². The van der Waals surface area contributed by atoms with Gasteiger partial charge in [-0.1, -0.05) is 6.92 Å². The molecule has 0 aliphatic rings. The van der Waals surface area contributed by atoms with Crippen molar-refractivity contribution in [3.63, 3.8) is 0 Å². The third-order valence-corrected chi connectivity index (χ3v) is 3.69. The number of aromatic nitrogens is 2. The molecule has 2 rings (SSSR count). The number of anilines is 3. The van der Waals surface area contributed by atoms with Gasteiger partial charge in [0, 0.05) is 29.4 Å². The number of benzene rings is 1. The van der Waals surface area contributed by atoms with Crippen LogP contribution in [0.1, 0.15) is 48.0 Å². The molecule has 0 aliphatic heterocycles. The zero-order valence-corrected chi connectivity index (χ0v) is 18.6. The van der Waals surface area contributed by atoms with E-state index >= 15 is 0 Å². The Labute approximate surface area is 180 Å². The SMILES string of the molecule is CCC(=O)Oc1nc(NC(C)C)c(=O)[nH]c1-c1cc(N)cc(NC(=O)OC(C)(C)C)c1. The fourth-order valence-corrected chi connectivity index (χ4v) is 2.54. The number of carbonyl (C=O) groups excluding carboxylic acids is 2. The number of carbonyl (C=O) groups is 2. The standard InChI is InChI=1S/C21H29N5O5/c1-7-15(27)30-19-16(25-18(28)17(26-19)23-11(2)3)12-8-13(22)10-14(9-12)24-20(29)31-21(4,5)6/h8-11H,7,22H2,1-6H3,(H,23,26)(H,24,29)(H,25,28). The van der Waals surface area contributed by atoms with E-state index in [1.807, 2.05) is 13.8 Å². The van der Waals surface area contributed by atoms with Crippen LogP contribution >= 0.6 is 0 Å². The van der Waals surface area contributed by atoms with Crippen molar-refractivity contribution >= 4 is 29.3 Å². The second-order valence-corrected chi connectivity index (χ2v) is 8.19. The topological polar surface area (TPSA) is 148 Å². The first-order chi connectivity index (χ1) is 14.4. The summed E-state index contributed by atoms with van der Waals surface area (Å²) in [4.78, 5) is 43.4. The summed E-state index contributed by atoms with van der Waals surface area (Å²) in [6, 6.07) is 4.59. The molecule has 168 valence electrons. The molecule has 2 aromatic rings. The Morgan fingerprint density at radius 3 is 2.48 bits per heavy atom. The lowest BCUT2D eigenvalue weighted by Gasteiger charge is -2.20. The molecule has 1 heterocycles. The van der Waals surface area contributed by atoms with Crippen molar-refractivity contribution in [1.82, 2.24) is 9.97 Å². The molecule has 1 amide bonds. The van der Waals surface area contributed by atoms with Gasteiger partial charge in [0.25, 0.3) is 5.56 Å². The van der Waals surface area contributed by atoms with Crippen molar-refractivity contribution < 1.29 is 19.1 Å².